The van der Waals surface area contributed by atoms with E-state index in [1.165, 1.54) is 12.1 Å². The highest BCUT2D eigenvalue weighted by Gasteiger charge is 2.32. The van der Waals surface area contributed by atoms with Gasteiger partial charge in [-0.1, -0.05) is 25.1 Å². The van der Waals surface area contributed by atoms with Crippen LogP contribution in [0.25, 0.3) is 0 Å². The SMILES string of the molecule is CC(C(=O)NC1CCN(Cc2cccc(C(F)(F)F)c2)CC1)C1CNC1.Cl.Cl. The number of piperidine rings is 1. The molecule has 160 valence electrons. The first-order chi connectivity index (χ1) is 12.3. The summed E-state index contributed by atoms with van der Waals surface area (Å²) < 4.78 is 38.4. The second kappa shape index (κ2) is 10.7. The third-order valence-electron chi connectivity index (χ3n) is 5.53. The molecule has 0 aromatic heterocycles. The van der Waals surface area contributed by atoms with Gasteiger partial charge in [-0.05, 0) is 43.5 Å². The third kappa shape index (κ3) is 6.51. The van der Waals surface area contributed by atoms with Crippen LogP contribution in [0.15, 0.2) is 24.3 Å². The summed E-state index contributed by atoms with van der Waals surface area (Å²) >= 11 is 0. The average Bonchev–Trinajstić information content (AvgIpc) is 2.54. The van der Waals surface area contributed by atoms with E-state index in [0.717, 1.165) is 45.1 Å². The van der Waals surface area contributed by atoms with E-state index in [1.54, 1.807) is 6.07 Å². The number of alkyl halides is 3. The maximum Gasteiger partial charge on any atom is 0.416 e. The summed E-state index contributed by atoms with van der Waals surface area (Å²) in [5.74, 6) is 0.572. The van der Waals surface area contributed by atoms with Crippen molar-refractivity contribution in [1.29, 1.82) is 0 Å². The number of halogens is 5. The van der Waals surface area contributed by atoms with E-state index >= 15 is 0 Å². The maximum absolute atomic E-state index is 12.8. The molecule has 2 aliphatic rings. The molecule has 2 fully saturated rings. The van der Waals surface area contributed by atoms with Crippen molar-refractivity contribution in [3.05, 3.63) is 35.4 Å². The van der Waals surface area contributed by atoms with Crippen molar-refractivity contribution in [1.82, 2.24) is 15.5 Å². The lowest BCUT2D eigenvalue weighted by Crippen LogP contribution is -2.52. The molecule has 2 aliphatic heterocycles. The van der Waals surface area contributed by atoms with Gasteiger partial charge in [-0.15, -0.1) is 24.8 Å². The summed E-state index contributed by atoms with van der Waals surface area (Å²) in [4.78, 5) is 14.4. The minimum Gasteiger partial charge on any atom is -0.353 e. The molecule has 0 radical (unpaired) electrons. The van der Waals surface area contributed by atoms with Crippen molar-refractivity contribution < 1.29 is 18.0 Å². The van der Waals surface area contributed by atoms with E-state index in [0.29, 0.717) is 18.0 Å². The fraction of sp³-hybridized carbons (Fsp3) is 0.632. The zero-order valence-electron chi connectivity index (χ0n) is 15.8. The zero-order valence-corrected chi connectivity index (χ0v) is 17.4. The first-order valence-corrected chi connectivity index (χ1v) is 9.22. The van der Waals surface area contributed by atoms with Crippen molar-refractivity contribution in [3.8, 4) is 0 Å². The predicted molar refractivity (Wildman–Crippen MR) is 108 cm³/mol. The maximum atomic E-state index is 12.8. The monoisotopic (exact) mass is 441 g/mol. The Morgan fingerprint density at radius 2 is 1.89 bits per heavy atom. The van der Waals surface area contributed by atoms with Gasteiger partial charge in [0.1, 0.15) is 0 Å². The molecule has 1 aromatic rings. The number of carbonyl (C=O) groups excluding carboxylic acids is 1. The highest BCUT2D eigenvalue weighted by atomic mass is 35.5. The van der Waals surface area contributed by atoms with Gasteiger partial charge in [-0.2, -0.15) is 13.2 Å². The Hall–Kier alpha value is -1.02. The van der Waals surface area contributed by atoms with Crippen LogP contribution >= 0.6 is 24.8 Å². The molecule has 3 rings (SSSR count). The number of nitrogens with zero attached hydrogens (tertiary/aromatic N) is 1. The number of likely N-dealkylation sites (tertiary alicyclic amines) is 1. The Morgan fingerprint density at radius 3 is 2.43 bits per heavy atom. The molecule has 0 bridgehead atoms. The van der Waals surface area contributed by atoms with E-state index in [1.807, 2.05) is 6.92 Å². The molecular weight excluding hydrogens is 414 g/mol. The molecule has 1 aromatic carbocycles. The molecule has 1 amide bonds. The van der Waals surface area contributed by atoms with Crippen LogP contribution < -0.4 is 10.6 Å². The van der Waals surface area contributed by atoms with Crippen LogP contribution in [0.4, 0.5) is 13.2 Å². The quantitative estimate of drug-likeness (QED) is 0.734. The van der Waals surface area contributed by atoms with Crippen molar-refractivity contribution in [3.63, 3.8) is 0 Å². The number of benzene rings is 1. The summed E-state index contributed by atoms with van der Waals surface area (Å²) in [6, 6.07) is 5.68. The largest absolute Gasteiger partial charge is 0.416 e. The van der Waals surface area contributed by atoms with Crippen molar-refractivity contribution in [2.24, 2.45) is 11.8 Å². The molecule has 4 nitrogen and oxygen atoms in total. The predicted octanol–water partition coefficient (Wildman–Crippen LogP) is 3.49. The normalized spacial score (nSPS) is 19.7. The van der Waals surface area contributed by atoms with E-state index in [-0.39, 0.29) is 42.7 Å². The molecule has 0 aliphatic carbocycles. The fourth-order valence-electron chi connectivity index (χ4n) is 3.55. The Bertz CT molecular complexity index is 633. The summed E-state index contributed by atoms with van der Waals surface area (Å²) in [5, 5.41) is 6.32. The molecule has 1 atom stereocenters. The number of amides is 1. The highest BCUT2D eigenvalue weighted by molar-refractivity contribution is 5.85. The molecular formula is C19H28Cl2F3N3O. The van der Waals surface area contributed by atoms with Crippen LogP contribution in [0.2, 0.25) is 0 Å². The van der Waals surface area contributed by atoms with Gasteiger partial charge in [0.15, 0.2) is 0 Å². The van der Waals surface area contributed by atoms with Crippen molar-refractivity contribution in [2.75, 3.05) is 26.2 Å². The van der Waals surface area contributed by atoms with Gasteiger partial charge in [0.25, 0.3) is 0 Å². The van der Waals surface area contributed by atoms with Crippen LogP contribution in [0.3, 0.4) is 0 Å². The van der Waals surface area contributed by atoms with Crippen LogP contribution in [0.1, 0.15) is 30.9 Å². The van der Waals surface area contributed by atoms with E-state index in [9.17, 15) is 18.0 Å². The number of nitrogens with one attached hydrogen (secondary N) is 2. The van der Waals surface area contributed by atoms with Gasteiger partial charge in [-0.25, -0.2) is 0 Å². The number of carbonyl (C=O) groups is 1. The smallest absolute Gasteiger partial charge is 0.353 e. The van der Waals surface area contributed by atoms with Crippen molar-refractivity contribution in [2.45, 2.75) is 38.5 Å². The Labute approximate surface area is 176 Å². The number of hydrogen-bond acceptors (Lipinski definition) is 3. The van der Waals surface area contributed by atoms with E-state index in [4.69, 9.17) is 0 Å². The van der Waals surface area contributed by atoms with Gasteiger partial charge in [-0.3, -0.25) is 9.69 Å². The average molecular weight is 442 g/mol. The first kappa shape index (κ1) is 25.0. The van der Waals surface area contributed by atoms with Crippen LogP contribution in [0.5, 0.6) is 0 Å². The summed E-state index contributed by atoms with van der Waals surface area (Å²) in [7, 11) is 0. The first-order valence-electron chi connectivity index (χ1n) is 9.22. The van der Waals surface area contributed by atoms with Crippen molar-refractivity contribution >= 4 is 30.7 Å². The molecule has 2 N–H and O–H groups in total. The standard InChI is InChI=1S/C19H26F3N3O.2ClH/c1-13(15-10-23-11-15)18(26)24-17-5-7-25(8-6-17)12-14-3-2-4-16(9-14)19(20,21)22;;/h2-4,9,13,15,17,23H,5-8,10-12H2,1H3,(H,24,26);2*1H. The Morgan fingerprint density at radius 1 is 1.25 bits per heavy atom. The molecule has 1 unspecified atom stereocenters. The van der Waals surface area contributed by atoms with E-state index in [2.05, 4.69) is 15.5 Å². The molecule has 28 heavy (non-hydrogen) atoms. The zero-order chi connectivity index (χ0) is 18.7. The van der Waals surface area contributed by atoms with Crippen LogP contribution in [0, 0.1) is 11.8 Å². The number of rotatable bonds is 5. The fourth-order valence-corrected chi connectivity index (χ4v) is 3.55. The van der Waals surface area contributed by atoms with Gasteiger partial charge >= 0.3 is 6.18 Å². The topological polar surface area (TPSA) is 44.4 Å². The molecule has 2 saturated heterocycles. The third-order valence-corrected chi connectivity index (χ3v) is 5.53. The minimum absolute atomic E-state index is 0. The lowest BCUT2D eigenvalue weighted by molar-refractivity contribution is -0.137. The molecule has 0 spiro atoms. The summed E-state index contributed by atoms with van der Waals surface area (Å²) in [6.45, 7) is 5.85. The summed E-state index contributed by atoms with van der Waals surface area (Å²) in [6.07, 6.45) is -2.64. The second-order valence-electron chi connectivity index (χ2n) is 7.46. The summed E-state index contributed by atoms with van der Waals surface area (Å²) in [5.41, 5.74) is 0.0741. The Kier molecular flexibility index (Phi) is 9.53. The van der Waals surface area contributed by atoms with Gasteiger partial charge in [0.2, 0.25) is 5.91 Å². The Balaban J connectivity index is 0.00000196. The minimum atomic E-state index is -4.31. The van der Waals surface area contributed by atoms with Crippen LogP contribution in [-0.2, 0) is 17.5 Å². The van der Waals surface area contributed by atoms with Gasteiger partial charge in [0, 0.05) is 31.6 Å². The van der Waals surface area contributed by atoms with Gasteiger partial charge < -0.3 is 10.6 Å². The molecule has 0 saturated carbocycles. The van der Waals surface area contributed by atoms with Gasteiger partial charge in [0.05, 0.1) is 5.56 Å². The lowest BCUT2D eigenvalue weighted by Gasteiger charge is -2.35. The lowest BCUT2D eigenvalue weighted by atomic mass is 9.88. The molecule has 2 heterocycles. The second-order valence-corrected chi connectivity index (χ2v) is 7.46. The van der Waals surface area contributed by atoms with E-state index < -0.39 is 11.7 Å². The highest BCUT2D eigenvalue weighted by Crippen LogP contribution is 2.30. The number of hydrogen-bond donors (Lipinski definition) is 2. The van der Waals surface area contributed by atoms with Crippen LogP contribution in [-0.4, -0.2) is 43.0 Å². The molecule has 9 heteroatoms.